The van der Waals surface area contributed by atoms with Crippen LogP contribution in [-0.2, 0) is 9.53 Å². The minimum atomic E-state index is -0.659. The van der Waals surface area contributed by atoms with E-state index in [1.165, 1.54) is 0 Å². The zero-order valence-electron chi connectivity index (χ0n) is 16.8. The molecule has 1 heterocycles. The Labute approximate surface area is 175 Å². The third kappa shape index (κ3) is 3.29. The van der Waals surface area contributed by atoms with Crippen molar-refractivity contribution in [3.63, 3.8) is 0 Å². The summed E-state index contributed by atoms with van der Waals surface area (Å²) < 4.78 is 16.7. The number of ether oxygens (including phenoxy) is 3. The zero-order chi connectivity index (χ0) is 21.3. The van der Waals surface area contributed by atoms with Crippen LogP contribution in [0.3, 0.4) is 0 Å². The molecule has 6 heteroatoms. The molecule has 0 amide bonds. The molecule has 152 valence electrons. The van der Waals surface area contributed by atoms with Crippen LogP contribution in [0.4, 0.5) is 0 Å². The molecule has 2 atom stereocenters. The Morgan fingerprint density at radius 1 is 1.10 bits per heavy atom. The van der Waals surface area contributed by atoms with E-state index in [1.54, 1.807) is 32.4 Å². The van der Waals surface area contributed by atoms with Gasteiger partial charge in [0.1, 0.15) is 28.9 Å². The summed E-state index contributed by atoms with van der Waals surface area (Å²) in [5, 5.41) is 9.82. The van der Waals surface area contributed by atoms with E-state index in [9.17, 15) is 10.1 Å². The van der Waals surface area contributed by atoms with Gasteiger partial charge in [0, 0.05) is 24.0 Å². The number of allylic oxidation sites excluding steroid dienone is 3. The molecule has 2 aliphatic rings. The second-order valence-corrected chi connectivity index (χ2v) is 7.31. The number of carbonyl (C=O) groups is 1. The fourth-order valence-electron chi connectivity index (χ4n) is 4.24. The van der Waals surface area contributed by atoms with Gasteiger partial charge in [-0.05, 0) is 29.7 Å². The lowest BCUT2D eigenvalue weighted by molar-refractivity contribution is -0.117. The summed E-state index contributed by atoms with van der Waals surface area (Å²) in [6, 6.07) is 17.3. The normalized spacial score (nSPS) is 20.9. The predicted molar refractivity (Wildman–Crippen MR) is 111 cm³/mol. The molecule has 2 unspecified atom stereocenters. The molecule has 2 aromatic rings. The number of nitriles is 1. The van der Waals surface area contributed by atoms with Gasteiger partial charge in [-0.3, -0.25) is 4.79 Å². The lowest BCUT2D eigenvalue weighted by atomic mass is 9.73. The quantitative estimate of drug-likeness (QED) is 0.833. The van der Waals surface area contributed by atoms with Gasteiger partial charge in [0.15, 0.2) is 5.78 Å². The standard InChI is InChI=1S/C24H22N2O4/c1-28-16-8-9-20(29-2)17(12-16)22-18(13-25)24(26)30-21-11-15(10-19(27)23(21)22)14-6-4-3-5-7-14/h3-9,12,15,22H,10-11,26H2,1-2H3. The van der Waals surface area contributed by atoms with Gasteiger partial charge in [-0.25, -0.2) is 0 Å². The third-order valence-electron chi connectivity index (χ3n) is 5.68. The average molecular weight is 402 g/mol. The number of nitrogens with zero attached hydrogens (tertiary/aromatic N) is 1. The molecule has 0 radical (unpaired) electrons. The monoisotopic (exact) mass is 402 g/mol. The molecule has 30 heavy (non-hydrogen) atoms. The van der Waals surface area contributed by atoms with Crippen molar-refractivity contribution >= 4 is 5.78 Å². The highest BCUT2D eigenvalue weighted by Gasteiger charge is 2.42. The Kier molecular flexibility index (Phi) is 5.20. The Morgan fingerprint density at radius 3 is 2.53 bits per heavy atom. The maximum Gasteiger partial charge on any atom is 0.205 e. The van der Waals surface area contributed by atoms with E-state index >= 15 is 0 Å². The van der Waals surface area contributed by atoms with Gasteiger partial charge >= 0.3 is 0 Å². The summed E-state index contributed by atoms with van der Waals surface area (Å²) in [4.78, 5) is 13.3. The van der Waals surface area contributed by atoms with E-state index in [4.69, 9.17) is 19.9 Å². The van der Waals surface area contributed by atoms with Crippen molar-refractivity contribution in [1.82, 2.24) is 0 Å². The fraction of sp³-hybridized carbons (Fsp3) is 0.250. The smallest absolute Gasteiger partial charge is 0.205 e. The fourth-order valence-corrected chi connectivity index (χ4v) is 4.24. The number of hydrogen-bond acceptors (Lipinski definition) is 6. The average Bonchev–Trinajstić information content (AvgIpc) is 2.78. The summed E-state index contributed by atoms with van der Waals surface area (Å²) in [7, 11) is 3.11. The third-order valence-corrected chi connectivity index (χ3v) is 5.68. The topological polar surface area (TPSA) is 94.6 Å². The lowest BCUT2D eigenvalue weighted by Gasteiger charge is -2.34. The molecule has 6 nitrogen and oxygen atoms in total. The molecule has 4 rings (SSSR count). The van der Waals surface area contributed by atoms with Crippen LogP contribution in [0.5, 0.6) is 11.5 Å². The summed E-state index contributed by atoms with van der Waals surface area (Å²) in [6.45, 7) is 0. The van der Waals surface area contributed by atoms with Crippen molar-refractivity contribution < 1.29 is 19.0 Å². The lowest BCUT2D eigenvalue weighted by Crippen LogP contribution is -2.30. The molecule has 0 aromatic heterocycles. The van der Waals surface area contributed by atoms with E-state index in [-0.39, 0.29) is 23.2 Å². The molecule has 0 saturated heterocycles. The summed E-state index contributed by atoms with van der Waals surface area (Å²) >= 11 is 0. The summed E-state index contributed by atoms with van der Waals surface area (Å²) in [5.41, 5.74) is 8.53. The number of nitrogens with two attached hydrogens (primary N) is 1. The van der Waals surface area contributed by atoms with Gasteiger partial charge in [0.2, 0.25) is 5.88 Å². The maximum atomic E-state index is 13.3. The molecular weight excluding hydrogens is 380 g/mol. The van der Waals surface area contributed by atoms with Crippen LogP contribution >= 0.6 is 0 Å². The first-order chi connectivity index (χ1) is 14.6. The molecular formula is C24H22N2O4. The van der Waals surface area contributed by atoms with Crippen molar-refractivity contribution in [2.75, 3.05) is 14.2 Å². The number of Topliss-reactive ketones (excluding diaryl/α,β-unsaturated/α-hetero) is 1. The molecule has 2 N–H and O–H groups in total. The minimum absolute atomic E-state index is 0.00161. The Balaban J connectivity index is 1.85. The number of hydrogen-bond donors (Lipinski definition) is 1. The van der Waals surface area contributed by atoms with Crippen LogP contribution in [0, 0.1) is 11.3 Å². The van der Waals surface area contributed by atoms with Crippen molar-refractivity contribution in [3.05, 3.63) is 82.4 Å². The van der Waals surface area contributed by atoms with Crippen LogP contribution in [0.25, 0.3) is 0 Å². The Bertz CT molecular complexity index is 1100. The highest BCUT2D eigenvalue weighted by molar-refractivity contribution is 6.00. The van der Waals surface area contributed by atoms with Crippen LogP contribution < -0.4 is 15.2 Å². The van der Waals surface area contributed by atoms with Crippen molar-refractivity contribution in [2.45, 2.75) is 24.7 Å². The van der Waals surface area contributed by atoms with E-state index < -0.39 is 5.92 Å². The number of rotatable bonds is 4. The molecule has 0 saturated carbocycles. The molecule has 0 spiro atoms. The van der Waals surface area contributed by atoms with E-state index in [0.29, 0.717) is 41.2 Å². The second-order valence-electron chi connectivity index (χ2n) is 7.31. The van der Waals surface area contributed by atoms with Crippen molar-refractivity contribution in [1.29, 1.82) is 5.26 Å². The van der Waals surface area contributed by atoms with Gasteiger partial charge < -0.3 is 19.9 Å². The van der Waals surface area contributed by atoms with Crippen LogP contribution in [0.2, 0.25) is 0 Å². The second kappa shape index (κ2) is 7.96. The number of carbonyl (C=O) groups excluding carboxylic acids is 1. The summed E-state index contributed by atoms with van der Waals surface area (Å²) in [5.74, 6) is 0.975. The number of methoxy groups -OCH3 is 2. The first-order valence-electron chi connectivity index (χ1n) is 9.68. The van der Waals surface area contributed by atoms with Crippen molar-refractivity contribution in [2.24, 2.45) is 5.73 Å². The Hall–Kier alpha value is -3.72. The highest BCUT2D eigenvalue weighted by Crippen LogP contribution is 2.49. The van der Waals surface area contributed by atoms with Crippen molar-refractivity contribution in [3.8, 4) is 17.6 Å². The van der Waals surface area contributed by atoms with Gasteiger partial charge in [-0.15, -0.1) is 0 Å². The first kappa shape index (κ1) is 19.6. The predicted octanol–water partition coefficient (Wildman–Crippen LogP) is 3.91. The molecule has 1 aliphatic heterocycles. The molecule has 2 aromatic carbocycles. The maximum absolute atomic E-state index is 13.3. The largest absolute Gasteiger partial charge is 0.497 e. The Morgan fingerprint density at radius 2 is 1.87 bits per heavy atom. The highest BCUT2D eigenvalue weighted by atomic mass is 16.5. The van der Waals surface area contributed by atoms with Crippen LogP contribution in [0.1, 0.15) is 35.8 Å². The van der Waals surface area contributed by atoms with Crippen LogP contribution in [0.15, 0.2) is 71.3 Å². The van der Waals surface area contributed by atoms with Gasteiger partial charge in [-0.1, -0.05) is 30.3 Å². The molecule has 0 bridgehead atoms. The van der Waals surface area contributed by atoms with Crippen LogP contribution in [-0.4, -0.2) is 20.0 Å². The molecule has 0 fully saturated rings. The van der Waals surface area contributed by atoms with Gasteiger partial charge in [-0.2, -0.15) is 5.26 Å². The SMILES string of the molecule is COc1ccc(OC)c(C2C(C#N)=C(N)OC3=C2C(=O)CC(c2ccccc2)C3)c1. The van der Waals surface area contributed by atoms with E-state index in [2.05, 4.69) is 6.07 Å². The number of ketones is 1. The number of benzene rings is 2. The van der Waals surface area contributed by atoms with Gasteiger partial charge in [0.05, 0.1) is 20.1 Å². The van der Waals surface area contributed by atoms with Gasteiger partial charge in [0.25, 0.3) is 0 Å². The summed E-state index contributed by atoms with van der Waals surface area (Å²) in [6.07, 6.45) is 0.876. The molecule has 1 aliphatic carbocycles. The minimum Gasteiger partial charge on any atom is -0.497 e. The van der Waals surface area contributed by atoms with E-state index in [1.807, 2.05) is 30.3 Å². The first-order valence-corrected chi connectivity index (χ1v) is 9.68. The zero-order valence-corrected chi connectivity index (χ0v) is 16.8. The van der Waals surface area contributed by atoms with E-state index in [0.717, 1.165) is 5.56 Å².